The van der Waals surface area contributed by atoms with Crippen molar-refractivity contribution in [3.8, 4) is 0 Å². The van der Waals surface area contributed by atoms with E-state index < -0.39 is 12.1 Å². The first-order valence-corrected chi connectivity index (χ1v) is 6.43. The van der Waals surface area contributed by atoms with Crippen molar-refractivity contribution in [2.24, 2.45) is 10.3 Å². The first-order chi connectivity index (χ1) is 8.70. The summed E-state index contributed by atoms with van der Waals surface area (Å²) in [6.45, 7) is 2.17. The molecule has 0 fully saturated rings. The predicted octanol–water partition coefficient (Wildman–Crippen LogP) is 3.56. The van der Waals surface area contributed by atoms with Crippen LogP contribution in [0.1, 0.15) is 58.3 Å². The molecule has 1 atom stereocenters. The van der Waals surface area contributed by atoms with Gasteiger partial charge in [0.25, 0.3) is 0 Å². The molecule has 0 aliphatic carbocycles. The third-order valence-corrected chi connectivity index (χ3v) is 2.63. The zero-order valence-electron chi connectivity index (χ0n) is 10.9. The number of hydrogen-bond donors (Lipinski definition) is 1. The number of carbonyl (C=O) groups is 1. The Bertz CT molecular complexity index is 257. The highest BCUT2D eigenvalue weighted by atomic mass is 16.5. The molecule has 1 unspecified atom stereocenters. The molecule has 0 heterocycles. The molecule has 6 heteroatoms. The van der Waals surface area contributed by atoms with Gasteiger partial charge in [0.05, 0.1) is 12.8 Å². The summed E-state index contributed by atoms with van der Waals surface area (Å²) < 4.78 is 5.09. The summed E-state index contributed by atoms with van der Waals surface area (Å²) in [7, 11) is 0. The van der Waals surface area contributed by atoms with Gasteiger partial charge in [-0.3, -0.25) is 10.0 Å². The van der Waals surface area contributed by atoms with Gasteiger partial charge in [-0.25, -0.2) is 0 Å². The highest BCUT2D eigenvalue weighted by Gasteiger charge is 2.12. The van der Waals surface area contributed by atoms with Crippen molar-refractivity contribution in [2.75, 3.05) is 0 Å². The Morgan fingerprint density at radius 2 is 2.00 bits per heavy atom. The minimum atomic E-state index is -0.902. The highest BCUT2D eigenvalue weighted by molar-refractivity contribution is 5.67. The lowest BCUT2D eigenvalue weighted by Gasteiger charge is -2.14. The fourth-order valence-electron chi connectivity index (χ4n) is 1.70. The molecule has 0 aromatic carbocycles. The third kappa shape index (κ3) is 11.0. The van der Waals surface area contributed by atoms with Crippen molar-refractivity contribution in [2.45, 2.75) is 64.4 Å². The lowest BCUT2D eigenvalue weighted by atomic mass is 10.1. The van der Waals surface area contributed by atoms with Gasteiger partial charge in [0, 0.05) is 0 Å². The van der Waals surface area contributed by atoms with Gasteiger partial charge in [-0.2, -0.15) is 0 Å². The Hall–Kier alpha value is -1.46. The van der Waals surface area contributed by atoms with E-state index in [1.165, 1.54) is 25.7 Å². The maximum absolute atomic E-state index is 10.6. The van der Waals surface area contributed by atoms with Crippen LogP contribution in [-0.4, -0.2) is 23.6 Å². The molecule has 0 rings (SSSR count). The minimum Gasteiger partial charge on any atom is -0.500 e. The number of unbranched alkanes of at least 4 members (excludes halogenated alkanes) is 5. The van der Waals surface area contributed by atoms with Crippen LogP contribution >= 0.6 is 0 Å². The maximum Gasteiger partial charge on any atom is 0.307 e. The number of ether oxygens (including phenoxy) is 1. The average molecular weight is 256 g/mol. The predicted molar refractivity (Wildman–Crippen MR) is 69.4 cm³/mol. The van der Waals surface area contributed by atoms with Gasteiger partial charge >= 0.3 is 5.97 Å². The molecule has 104 valence electrons. The lowest BCUT2D eigenvalue weighted by Crippen LogP contribution is -2.17. The molecule has 0 bridgehead atoms. The molecule has 0 amide bonds. The number of aliphatic carboxylic acids is 1. The van der Waals surface area contributed by atoms with Crippen molar-refractivity contribution in [1.82, 2.24) is 0 Å². The average Bonchev–Trinajstić information content (AvgIpc) is 2.33. The van der Waals surface area contributed by atoms with Crippen molar-refractivity contribution in [3.05, 3.63) is 5.53 Å². The fraction of sp³-hybridized carbons (Fsp3) is 0.833. The largest absolute Gasteiger partial charge is 0.500 e. The molecule has 6 nitrogen and oxygen atoms in total. The lowest BCUT2D eigenvalue weighted by molar-refractivity contribution is -0.139. The summed E-state index contributed by atoms with van der Waals surface area (Å²) in [6, 6.07) is 0. The molecule has 1 N–H and O–H groups in total. The van der Waals surface area contributed by atoms with Crippen molar-refractivity contribution < 1.29 is 14.6 Å². The normalized spacial score (nSPS) is 12.5. The first kappa shape index (κ1) is 16.5. The zero-order valence-corrected chi connectivity index (χ0v) is 10.9. The maximum atomic E-state index is 10.6. The quantitative estimate of drug-likeness (QED) is 0.190. The molecule has 0 radical (unpaired) electrons. The fourth-order valence-corrected chi connectivity index (χ4v) is 1.70. The van der Waals surface area contributed by atoms with Crippen LogP contribution in [0.25, 0.3) is 5.53 Å². The molecule has 0 aliphatic rings. The second-order valence-electron chi connectivity index (χ2n) is 4.22. The van der Waals surface area contributed by atoms with Crippen LogP contribution in [-0.2, 0) is 9.53 Å². The Balaban J connectivity index is 3.75. The molecule has 0 saturated heterocycles. The van der Waals surface area contributed by atoms with Gasteiger partial charge in [-0.15, -0.1) is 0 Å². The number of carboxylic acid groups (broad SMARTS) is 1. The first-order valence-electron chi connectivity index (χ1n) is 6.43. The van der Waals surface area contributed by atoms with E-state index >= 15 is 0 Å². The van der Waals surface area contributed by atoms with Gasteiger partial charge < -0.3 is 20.5 Å². The molecular weight excluding hydrogens is 234 g/mol. The summed E-state index contributed by atoms with van der Waals surface area (Å²) in [5, 5.41) is 14.4. The Labute approximate surface area is 108 Å². The number of rotatable bonds is 12. The molecule has 0 aromatic heterocycles. The third-order valence-electron chi connectivity index (χ3n) is 2.63. The summed E-state index contributed by atoms with van der Waals surface area (Å²) in [5.41, 5.74) is 8.09. The Kier molecular flexibility index (Phi) is 11.0. The van der Waals surface area contributed by atoms with Crippen LogP contribution in [0.2, 0.25) is 0 Å². The van der Waals surface area contributed by atoms with Gasteiger partial charge in [0.15, 0.2) is 0 Å². The van der Waals surface area contributed by atoms with E-state index in [0.717, 1.165) is 19.2 Å². The summed E-state index contributed by atoms with van der Waals surface area (Å²) in [5.74, 6) is -0.902. The van der Waals surface area contributed by atoms with E-state index in [0.29, 0.717) is 6.42 Å². The van der Waals surface area contributed by atoms with Crippen LogP contribution in [0.15, 0.2) is 10.3 Å². The second-order valence-corrected chi connectivity index (χ2v) is 4.22. The second kappa shape index (κ2) is 12.0. The summed E-state index contributed by atoms with van der Waals surface area (Å²) in [4.78, 5) is 10.6. The van der Waals surface area contributed by atoms with Crippen molar-refractivity contribution in [3.63, 3.8) is 0 Å². The van der Waals surface area contributed by atoms with E-state index in [4.69, 9.17) is 15.4 Å². The molecule has 0 saturated carbocycles. The van der Waals surface area contributed by atoms with Crippen LogP contribution in [0.4, 0.5) is 0 Å². The minimum absolute atomic E-state index is 0.0631. The number of hydrogen-bond acceptors (Lipinski definition) is 3. The monoisotopic (exact) mass is 256 g/mol. The Morgan fingerprint density at radius 3 is 2.61 bits per heavy atom. The van der Waals surface area contributed by atoms with Crippen LogP contribution in [0, 0.1) is 0 Å². The standard InChI is InChI=1S/C12H22N3O3/c1-2-3-4-5-6-7-8-11(9-12(16)17)18-10-14-15-13/h10-11H,2-9H2,1H3,(H,16,17)/q-1/b14-10+. The van der Waals surface area contributed by atoms with Crippen LogP contribution in [0.5, 0.6) is 0 Å². The van der Waals surface area contributed by atoms with Crippen LogP contribution in [0.3, 0.4) is 0 Å². The van der Waals surface area contributed by atoms with E-state index in [1.807, 2.05) is 0 Å². The topological polar surface area (TPSA) is 93.5 Å². The van der Waals surface area contributed by atoms with Gasteiger partial charge in [0.1, 0.15) is 6.10 Å². The molecular formula is C12H22N3O3-. The van der Waals surface area contributed by atoms with Crippen molar-refractivity contribution >= 4 is 12.4 Å². The van der Waals surface area contributed by atoms with Crippen molar-refractivity contribution in [1.29, 1.82) is 0 Å². The van der Waals surface area contributed by atoms with E-state index in [2.05, 4.69) is 17.2 Å². The van der Waals surface area contributed by atoms with E-state index in [-0.39, 0.29) is 6.42 Å². The molecule has 18 heavy (non-hydrogen) atoms. The summed E-state index contributed by atoms with van der Waals surface area (Å²) >= 11 is 0. The molecule has 0 aliphatic heterocycles. The van der Waals surface area contributed by atoms with Gasteiger partial charge in [-0.05, 0) is 12.8 Å². The highest BCUT2D eigenvalue weighted by Crippen LogP contribution is 2.12. The SMILES string of the molecule is CCCCCCCCC(CC(=O)O)O/C=N/N=[N-]. The smallest absolute Gasteiger partial charge is 0.307 e. The molecule has 0 aromatic rings. The zero-order chi connectivity index (χ0) is 13.6. The summed E-state index contributed by atoms with van der Waals surface area (Å²) in [6.07, 6.45) is 8.07. The van der Waals surface area contributed by atoms with E-state index in [9.17, 15) is 4.79 Å². The molecule has 0 spiro atoms. The number of carboxylic acids is 1. The van der Waals surface area contributed by atoms with Gasteiger partial charge in [-0.1, -0.05) is 39.0 Å². The Morgan fingerprint density at radius 1 is 1.33 bits per heavy atom. The number of nitrogens with zero attached hydrogens (tertiary/aromatic N) is 3. The van der Waals surface area contributed by atoms with E-state index in [1.54, 1.807) is 0 Å². The van der Waals surface area contributed by atoms with Gasteiger partial charge in [0.2, 0.25) is 0 Å². The van der Waals surface area contributed by atoms with Crippen LogP contribution < -0.4 is 0 Å².